The molecule has 0 fully saturated rings. The van der Waals surface area contributed by atoms with Crippen LogP contribution in [0, 0.1) is 0 Å². The molecule has 0 aliphatic carbocycles. The van der Waals surface area contributed by atoms with E-state index >= 15 is 0 Å². The SMILES string of the molecule is C/C=C/c1ccccc1Sc1ccccc1. The summed E-state index contributed by atoms with van der Waals surface area (Å²) in [6.07, 6.45) is 4.22. The van der Waals surface area contributed by atoms with Crippen LogP contribution in [-0.4, -0.2) is 0 Å². The zero-order chi connectivity index (χ0) is 11.2. The number of allylic oxidation sites excluding steroid dienone is 1. The summed E-state index contributed by atoms with van der Waals surface area (Å²) >= 11 is 1.80. The van der Waals surface area contributed by atoms with Gasteiger partial charge in [0.25, 0.3) is 0 Å². The van der Waals surface area contributed by atoms with Crippen LogP contribution in [0.3, 0.4) is 0 Å². The number of hydrogen-bond acceptors (Lipinski definition) is 1. The fraction of sp³-hybridized carbons (Fsp3) is 0.0667. The van der Waals surface area contributed by atoms with Crippen molar-refractivity contribution in [1.29, 1.82) is 0 Å². The van der Waals surface area contributed by atoms with Crippen LogP contribution in [0.15, 0.2) is 70.5 Å². The van der Waals surface area contributed by atoms with Gasteiger partial charge in [0.1, 0.15) is 0 Å². The standard InChI is InChI=1S/C15H14S/c1-2-8-13-9-6-7-12-15(13)16-14-10-4-3-5-11-14/h2-12H,1H3/b8-2+. The van der Waals surface area contributed by atoms with E-state index in [1.54, 1.807) is 11.8 Å². The molecular formula is C15H14S. The molecule has 2 aromatic rings. The van der Waals surface area contributed by atoms with E-state index in [1.807, 2.05) is 13.0 Å². The molecule has 2 aromatic carbocycles. The summed E-state index contributed by atoms with van der Waals surface area (Å²) in [6.45, 7) is 2.05. The minimum absolute atomic E-state index is 1.28. The Kier molecular flexibility index (Phi) is 3.84. The van der Waals surface area contributed by atoms with Gasteiger partial charge in [-0.25, -0.2) is 0 Å². The molecule has 0 heterocycles. The zero-order valence-corrected chi connectivity index (χ0v) is 10.1. The molecule has 80 valence electrons. The monoisotopic (exact) mass is 226 g/mol. The first-order valence-electron chi connectivity index (χ1n) is 5.35. The molecule has 2 rings (SSSR count). The van der Waals surface area contributed by atoms with Crippen molar-refractivity contribution in [2.45, 2.75) is 16.7 Å². The maximum absolute atomic E-state index is 2.16. The van der Waals surface area contributed by atoms with Gasteiger partial charge in [-0.3, -0.25) is 0 Å². The molecule has 0 radical (unpaired) electrons. The lowest BCUT2D eigenvalue weighted by molar-refractivity contribution is 1.38. The van der Waals surface area contributed by atoms with Gasteiger partial charge in [0.2, 0.25) is 0 Å². The third-order valence-electron chi connectivity index (χ3n) is 2.24. The third-order valence-corrected chi connectivity index (χ3v) is 3.34. The summed E-state index contributed by atoms with van der Waals surface area (Å²) < 4.78 is 0. The van der Waals surface area contributed by atoms with Gasteiger partial charge in [-0.15, -0.1) is 0 Å². The lowest BCUT2D eigenvalue weighted by Crippen LogP contribution is -1.78. The Morgan fingerprint density at radius 1 is 0.875 bits per heavy atom. The molecule has 0 atom stereocenters. The quantitative estimate of drug-likeness (QED) is 0.719. The Morgan fingerprint density at radius 2 is 1.56 bits per heavy atom. The van der Waals surface area contributed by atoms with Gasteiger partial charge in [-0.1, -0.05) is 60.3 Å². The number of benzene rings is 2. The lowest BCUT2D eigenvalue weighted by atomic mass is 10.2. The molecule has 0 saturated heterocycles. The summed E-state index contributed by atoms with van der Waals surface area (Å²) in [7, 11) is 0. The molecule has 0 amide bonds. The molecule has 0 aliphatic heterocycles. The lowest BCUT2D eigenvalue weighted by Gasteiger charge is -2.05. The maximum atomic E-state index is 2.16. The Hall–Kier alpha value is -1.47. The number of hydrogen-bond donors (Lipinski definition) is 0. The van der Waals surface area contributed by atoms with Crippen molar-refractivity contribution < 1.29 is 0 Å². The minimum atomic E-state index is 1.28. The molecule has 0 aromatic heterocycles. The second-order valence-corrected chi connectivity index (χ2v) is 4.57. The van der Waals surface area contributed by atoms with Crippen molar-refractivity contribution in [3.05, 3.63) is 66.2 Å². The van der Waals surface area contributed by atoms with E-state index < -0.39 is 0 Å². The first-order chi connectivity index (χ1) is 7.90. The molecule has 0 unspecified atom stereocenters. The topological polar surface area (TPSA) is 0 Å². The first-order valence-corrected chi connectivity index (χ1v) is 6.16. The van der Waals surface area contributed by atoms with E-state index in [0.717, 1.165) is 0 Å². The van der Waals surface area contributed by atoms with Crippen molar-refractivity contribution in [3.8, 4) is 0 Å². The van der Waals surface area contributed by atoms with Crippen LogP contribution in [0.2, 0.25) is 0 Å². The largest absolute Gasteiger partial charge is 0.0895 e. The van der Waals surface area contributed by atoms with E-state index in [9.17, 15) is 0 Å². The third kappa shape index (κ3) is 2.77. The van der Waals surface area contributed by atoms with Crippen LogP contribution in [0.5, 0.6) is 0 Å². The van der Waals surface area contributed by atoms with Crippen molar-refractivity contribution in [3.63, 3.8) is 0 Å². The van der Waals surface area contributed by atoms with Crippen LogP contribution in [0.4, 0.5) is 0 Å². The van der Waals surface area contributed by atoms with Crippen molar-refractivity contribution >= 4 is 17.8 Å². The van der Waals surface area contributed by atoms with E-state index in [2.05, 4.69) is 60.7 Å². The highest BCUT2D eigenvalue weighted by Crippen LogP contribution is 2.30. The highest BCUT2D eigenvalue weighted by atomic mass is 32.2. The Labute approximate surface area is 101 Å². The normalized spacial score (nSPS) is 10.8. The van der Waals surface area contributed by atoms with Gasteiger partial charge in [0, 0.05) is 9.79 Å². The van der Waals surface area contributed by atoms with E-state index in [0.29, 0.717) is 0 Å². The van der Waals surface area contributed by atoms with Gasteiger partial charge in [0.05, 0.1) is 0 Å². The maximum Gasteiger partial charge on any atom is 0.0194 e. The van der Waals surface area contributed by atoms with Crippen LogP contribution < -0.4 is 0 Å². The fourth-order valence-electron chi connectivity index (χ4n) is 1.51. The minimum Gasteiger partial charge on any atom is -0.0895 e. The van der Waals surface area contributed by atoms with Gasteiger partial charge < -0.3 is 0 Å². The molecule has 0 nitrogen and oxygen atoms in total. The number of rotatable bonds is 3. The van der Waals surface area contributed by atoms with Gasteiger partial charge in [0.15, 0.2) is 0 Å². The summed E-state index contributed by atoms with van der Waals surface area (Å²) in [5, 5.41) is 0. The Balaban J connectivity index is 2.28. The van der Waals surface area contributed by atoms with Crippen LogP contribution in [-0.2, 0) is 0 Å². The zero-order valence-electron chi connectivity index (χ0n) is 9.26. The summed E-state index contributed by atoms with van der Waals surface area (Å²) in [5.74, 6) is 0. The fourth-order valence-corrected chi connectivity index (χ4v) is 2.45. The van der Waals surface area contributed by atoms with Crippen LogP contribution >= 0.6 is 11.8 Å². The highest BCUT2D eigenvalue weighted by molar-refractivity contribution is 7.99. The molecule has 0 saturated carbocycles. The summed E-state index contributed by atoms with van der Waals surface area (Å²) in [6, 6.07) is 18.9. The summed E-state index contributed by atoms with van der Waals surface area (Å²) in [5.41, 5.74) is 1.28. The van der Waals surface area contributed by atoms with E-state index in [1.165, 1.54) is 15.4 Å². The average molecular weight is 226 g/mol. The van der Waals surface area contributed by atoms with Crippen molar-refractivity contribution in [2.24, 2.45) is 0 Å². The van der Waals surface area contributed by atoms with Gasteiger partial charge in [-0.2, -0.15) is 0 Å². The molecular weight excluding hydrogens is 212 g/mol. The highest BCUT2D eigenvalue weighted by Gasteiger charge is 2.00. The van der Waals surface area contributed by atoms with Crippen LogP contribution in [0.1, 0.15) is 12.5 Å². The Morgan fingerprint density at radius 3 is 2.31 bits per heavy atom. The van der Waals surface area contributed by atoms with Crippen molar-refractivity contribution in [1.82, 2.24) is 0 Å². The molecule has 0 N–H and O–H groups in total. The average Bonchev–Trinajstić information content (AvgIpc) is 2.33. The second-order valence-electron chi connectivity index (χ2n) is 3.45. The first kappa shape index (κ1) is 11.0. The molecule has 16 heavy (non-hydrogen) atoms. The molecule has 0 aliphatic rings. The van der Waals surface area contributed by atoms with E-state index in [-0.39, 0.29) is 0 Å². The molecule has 1 heteroatoms. The summed E-state index contributed by atoms with van der Waals surface area (Å²) in [4.78, 5) is 2.58. The molecule has 0 bridgehead atoms. The second kappa shape index (κ2) is 5.57. The predicted octanol–water partition coefficient (Wildman–Crippen LogP) is 4.87. The van der Waals surface area contributed by atoms with Gasteiger partial charge >= 0.3 is 0 Å². The van der Waals surface area contributed by atoms with Crippen LogP contribution in [0.25, 0.3) is 6.08 Å². The Bertz CT molecular complexity index is 472. The van der Waals surface area contributed by atoms with Crippen molar-refractivity contribution in [2.75, 3.05) is 0 Å². The molecule has 0 spiro atoms. The smallest absolute Gasteiger partial charge is 0.0194 e. The predicted molar refractivity (Wildman–Crippen MR) is 71.7 cm³/mol. The van der Waals surface area contributed by atoms with Gasteiger partial charge in [-0.05, 0) is 30.7 Å². The van der Waals surface area contributed by atoms with E-state index in [4.69, 9.17) is 0 Å².